The fourth-order valence-corrected chi connectivity index (χ4v) is 1.53. The number of hydrogen-bond donors (Lipinski definition) is 3. The van der Waals surface area contributed by atoms with Gasteiger partial charge in [0, 0.05) is 12.3 Å². The highest BCUT2D eigenvalue weighted by Gasteiger charge is 2.26. The van der Waals surface area contributed by atoms with Crippen molar-refractivity contribution >= 4 is 18.3 Å². The minimum absolute atomic E-state index is 0.123. The minimum atomic E-state index is -1.37. The standard InChI is InChI=1S/C9H12N2O4S/c12-7(3-5-16)9(13)8-6(11(14)15)2-1-4-10-8/h1-2,4,7,9,12-13,16H,3,5H2. The second-order valence-corrected chi connectivity index (χ2v) is 3.64. The first-order chi connectivity index (χ1) is 7.57. The molecule has 0 fully saturated rings. The summed E-state index contributed by atoms with van der Waals surface area (Å²) in [4.78, 5) is 13.8. The van der Waals surface area contributed by atoms with Gasteiger partial charge in [-0.05, 0) is 18.2 Å². The molecule has 2 N–H and O–H groups in total. The Morgan fingerprint density at radius 3 is 2.81 bits per heavy atom. The van der Waals surface area contributed by atoms with E-state index in [1.807, 2.05) is 0 Å². The molecule has 0 amide bonds. The number of pyridine rings is 1. The van der Waals surface area contributed by atoms with Gasteiger partial charge in [-0.25, -0.2) is 0 Å². The van der Waals surface area contributed by atoms with E-state index >= 15 is 0 Å². The zero-order valence-electron chi connectivity index (χ0n) is 8.35. The molecule has 2 atom stereocenters. The highest BCUT2D eigenvalue weighted by Crippen LogP contribution is 2.25. The van der Waals surface area contributed by atoms with Gasteiger partial charge in [-0.2, -0.15) is 12.6 Å². The molecular weight excluding hydrogens is 232 g/mol. The van der Waals surface area contributed by atoms with Gasteiger partial charge in [-0.3, -0.25) is 15.1 Å². The van der Waals surface area contributed by atoms with Gasteiger partial charge in [0.25, 0.3) is 5.69 Å². The molecule has 0 saturated heterocycles. The third-order valence-electron chi connectivity index (χ3n) is 2.08. The molecule has 7 heteroatoms. The first-order valence-corrected chi connectivity index (χ1v) is 5.27. The minimum Gasteiger partial charge on any atom is -0.390 e. The second kappa shape index (κ2) is 5.78. The smallest absolute Gasteiger partial charge is 0.293 e. The summed E-state index contributed by atoms with van der Waals surface area (Å²) in [6.07, 6.45) is -0.906. The van der Waals surface area contributed by atoms with Crippen molar-refractivity contribution in [3.63, 3.8) is 0 Å². The van der Waals surface area contributed by atoms with Gasteiger partial charge in [0.05, 0.1) is 11.0 Å². The van der Waals surface area contributed by atoms with E-state index in [-0.39, 0.29) is 17.8 Å². The Balaban J connectivity index is 2.98. The number of aromatic nitrogens is 1. The van der Waals surface area contributed by atoms with Crippen molar-refractivity contribution in [2.75, 3.05) is 5.75 Å². The summed E-state index contributed by atoms with van der Waals surface area (Å²) in [6.45, 7) is 0. The lowest BCUT2D eigenvalue weighted by Crippen LogP contribution is -2.20. The molecular formula is C9H12N2O4S. The number of thiol groups is 1. The monoisotopic (exact) mass is 244 g/mol. The first kappa shape index (κ1) is 12.9. The van der Waals surface area contributed by atoms with E-state index in [4.69, 9.17) is 0 Å². The van der Waals surface area contributed by atoms with Gasteiger partial charge in [0.15, 0.2) is 0 Å². The summed E-state index contributed by atoms with van der Waals surface area (Å²) in [6, 6.07) is 2.64. The van der Waals surface area contributed by atoms with E-state index in [1.54, 1.807) is 0 Å². The van der Waals surface area contributed by atoms with Crippen LogP contribution in [-0.2, 0) is 0 Å². The molecule has 1 rings (SSSR count). The molecule has 2 unspecified atom stereocenters. The molecule has 6 nitrogen and oxygen atoms in total. The van der Waals surface area contributed by atoms with Crippen LogP contribution >= 0.6 is 12.6 Å². The fourth-order valence-electron chi connectivity index (χ4n) is 1.26. The molecule has 0 aromatic carbocycles. The highest BCUT2D eigenvalue weighted by atomic mass is 32.1. The Morgan fingerprint density at radius 1 is 1.56 bits per heavy atom. The topological polar surface area (TPSA) is 96.5 Å². The molecule has 0 aliphatic heterocycles. The molecule has 0 saturated carbocycles. The van der Waals surface area contributed by atoms with Crippen LogP contribution in [0.25, 0.3) is 0 Å². The summed E-state index contributed by atoms with van der Waals surface area (Å²) in [7, 11) is 0. The van der Waals surface area contributed by atoms with E-state index in [2.05, 4.69) is 17.6 Å². The van der Waals surface area contributed by atoms with Gasteiger partial charge in [0.2, 0.25) is 0 Å². The third kappa shape index (κ3) is 2.91. The number of nitrogens with zero attached hydrogens (tertiary/aromatic N) is 2. The molecule has 0 aliphatic carbocycles. The summed E-state index contributed by atoms with van der Waals surface area (Å²) in [5.74, 6) is 0.374. The maximum absolute atomic E-state index is 10.7. The second-order valence-electron chi connectivity index (χ2n) is 3.19. The van der Waals surface area contributed by atoms with Gasteiger partial charge in [-0.1, -0.05) is 0 Å². The van der Waals surface area contributed by atoms with Crippen molar-refractivity contribution in [2.24, 2.45) is 0 Å². The van der Waals surface area contributed by atoms with Crippen LogP contribution in [0.1, 0.15) is 18.2 Å². The molecule has 16 heavy (non-hydrogen) atoms. The Hall–Kier alpha value is -1.18. The predicted octanol–water partition coefficient (Wildman–Crippen LogP) is 0.704. The van der Waals surface area contributed by atoms with E-state index in [9.17, 15) is 20.3 Å². The van der Waals surface area contributed by atoms with Crippen LogP contribution in [-0.4, -0.2) is 32.0 Å². The molecule has 1 heterocycles. The Bertz CT molecular complexity index is 374. The lowest BCUT2D eigenvalue weighted by atomic mass is 10.1. The molecule has 1 aromatic rings. The van der Waals surface area contributed by atoms with Crippen molar-refractivity contribution in [1.82, 2.24) is 4.98 Å². The molecule has 0 aliphatic rings. The van der Waals surface area contributed by atoms with Crippen LogP contribution in [0.5, 0.6) is 0 Å². The Kier molecular flexibility index (Phi) is 4.66. The summed E-state index contributed by atoms with van der Waals surface area (Å²) in [5.41, 5.74) is -0.421. The quantitative estimate of drug-likeness (QED) is 0.402. The van der Waals surface area contributed by atoms with Crippen LogP contribution in [0, 0.1) is 10.1 Å². The first-order valence-electron chi connectivity index (χ1n) is 4.64. The lowest BCUT2D eigenvalue weighted by Gasteiger charge is -2.15. The fraction of sp³-hybridized carbons (Fsp3) is 0.444. The van der Waals surface area contributed by atoms with E-state index in [1.165, 1.54) is 18.3 Å². The van der Waals surface area contributed by atoms with Crippen LogP contribution < -0.4 is 0 Å². The molecule has 0 radical (unpaired) electrons. The average molecular weight is 244 g/mol. The van der Waals surface area contributed by atoms with E-state index in [0.717, 1.165) is 0 Å². The van der Waals surface area contributed by atoms with Crippen molar-refractivity contribution < 1.29 is 15.1 Å². The van der Waals surface area contributed by atoms with Gasteiger partial charge < -0.3 is 10.2 Å². The van der Waals surface area contributed by atoms with Crippen molar-refractivity contribution in [2.45, 2.75) is 18.6 Å². The molecule has 0 bridgehead atoms. The maximum Gasteiger partial charge on any atom is 0.293 e. The Labute approximate surface area is 97.5 Å². The van der Waals surface area contributed by atoms with E-state index in [0.29, 0.717) is 5.75 Å². The zero-order valence-corrected chi connectivity index (χ0v) is 9.25. The predicted molar refractivity (Wildman–Crippen MR) is 60.3 cm³/mol. The molecule has 1 aromatic heterocycles. The van der Waals surface area contributed by atoms with Gasteiger partial charge in [-0.15, -0.1) is 0 Å². The number of nitro groups is 1. The van der Waals surface area contributed by atoms with E-state index < -0.39 is 17.1 Å². The SMILES string of the molecule is O=[N+]([O-])c1cccnc1C(O)C(O)CCS. The molecule has 0 spiro atoms. The van der Waals surface area contributed by atoms with Gasteiger partial charge >= 0.3 is 0 Å². The van der Waals surface area contributed by atoms with Crippen LogP contribution in [0.3, 0.4) is 0 Å². The highest BCUT2D eigenvalue weighted by molar-refractivity contribution is 7.80. The summed E-state index contributed by atoms with van der Waals surface area (Å²) in [5, 5.41) is 29.9. The van der Waals surface area contributed by atoms with Crippen molar-refractivity contribution in [3.05, 3.63) is 34.1 Å². The third-order valence-corrected chi connectivity index (χ3v) is 2.34. The largest absolute Gasteiger partial charge is 0.390 e. The van der Waals surface area contributed by atoms with Crippen molar-refractivity contribution in [3.8, 4) is 0 Å². The summed E-state index contributed by atoms with van der Waals surface area (Å²) < 4.78 is 0. The summed E-state index contributed by atoms with van der Waals surface area (Å²) >= 11 is 3.91. The number of aliphatic hydroxyl groups is 2. The van der Waals surface area contributed by atoms with Crippen LogP contribution in [0.15, 0.2) is 18.3 Å². The maximum atomic E-state index is 10.7. The van der Waals surface area contributed by atoms with Crippen molar-refractivity contribution in [1.29, 1.82) is 0 Å². The molecule has 88 valence electrons. The number of aliphatic hydroxyl groups excluding tert-OH is 2. The normalized spacial score (nSPS) is 14.4. The lowest BCUT2D eigenvalue weighted by molar-refractivity contribution is -0.386. The van der Waals surface area contributed by atoms with Crippen LogP contribution in [0.4, 0.5) is 5.69 Å². The van der Waals surface area contributed by atoms with Crippen LogP contribution in [0.2, 0.25) is 0 Å². The average Bonchev–Trinajstić information content (AvgIpc) is 2.28. The van der Waals surface area contributed by atoms with Gasteiger partial charge in [0.1, 0.15) is 11.8 Å². The zero-order chi connectivity index (χ0) is 12.1. The Morgan fingerprint density at radius 2 is 2.25 bits per heavy atom. The number of rotatable bonds is 5. The number of hydrogen-bond acceptors (Lipinski definition) is 6.